The van der Waals surface area contributed by atoms with Crippen molar-refractivity contribution in [2.45, 2.75) is 37.9 Å². The third kappa shape index (κ3) is 5.07. The number of ether oxygens (including phenoxy) is 2. The van der Waals surface area contributed by atoms with Gasteiger partial charge in [-0.05, 0) is 65.6 Å². The molecule has 192 valence electrons. The van der Waals surface area contributed by atoms with Gasteiger partial charge in [0.2, 0.25) is 0 Å². The molecule has 0 amide bonds. The fourth-order valence-corrected chi connectivity index (χ4v) is 6.62. The maximum Gasteiger partial charge on any atom is 0.338 e. The molecule has 0 bridgehead atoms. The van der Waals surface area contributed by atoms with Crippen LogP contribution in [0.25, 0.3) is 0 Å². The van der Waals surface area contributed by atoms with Crippen LogP contribution in [0.5, 0.6) is 0 Å². The van der Waals surface area contributed by atoms with Crippen LogP contribution in [0.3, 0.4) is 0 Å². The van der Waals surface area contributed by atoms with Crippen molar-refractivity contribution in [3.05, 3.63) is 139 Å². The lowest BCUT2D eigenvalue weighted by Gasteiger charge is -2.43. The summed E-state index contributed by atoms with van der Waals surface area (Å²) >= 11 is 7.54. The van der Waals surface area contributed by atoms with Crippen LogP contribution >= 0.6 is 31.9 Å². The van der Waals surface area contributed by atoms with Gasteiger partial charge in [0.1, 0.15) is 6.10 Å². The summed E-state index contributed by atoms with van der Waals surface area (Å²) in [5.74, 6) is -1.55. The zero-order valence-corrected chi connectivity index (χ0v) is 24.1. The third-order valence-electron chi connectivity index (χ3n) is 7.12. The Morgan fingerprint density at radius 2 is 1.13 bits per heavy atom. The monoisotopic (exact) mass is 632 g/mol. The second-order valence-corrected chi connectivity index (χ2v) is 11.2. The number of carbonyl (C=O) groups is 2. The maximum atomic E-state index is 13.5. The predicted octanol–water partition coefficient (Wildman–Crippen LogP) is 8.22. The predicted molar refractivity (Wildman–Crippen MR) is 155 cm³/mol. The number of hydrogen-bond acceptors (Lipinski definition) is 4. The van der Waals surface area contributed by atoms with Crippen LogP contribution in [-0.2, 0) is 9.47 Å². The van der Waals surface area contributed by atoms with E-state index in [-0.39, 0.29) is 5.92 Å². The average Bonchev–Trinajstić information content (AvgIpc) is 2.93. The minimum Gasteiger partial charge on any atom is -0.454 e. The van der Waals surface area contributed by atoms with Crippen molar-refractivity contribution in [1.82, 2.24) is 0 Å². The molecule has 6 heteroatoms. The number of hydrogen-bond donors (Lipinski definition) is 0. The van der Waals surface area contributed by atoms with Crippen molar-refractivity contribution >= 4 is 43.8 Å². The molecular weight excluding hydrogens is 608 g/mol. The molecule has 0 aromatic heterocycles. The molecule has 1 aliphatic carbocycles. The van der Waals surface area contributed by atoms with E-state index in [2.05, 4.69) is 37.9 Å². The van der Waals surface area contributed by atoms with Gasteiger partial charge in [0.15, 0.2) is 6.10 Å². The largest absolute Gasteiger partial charge is 0.454 e. The van der Waals surface area contributed by atoms with Gasteiger partial charge >= 0.3 is 11.9 Å². The standard InChI is InChI=1S/C32H26Br2O4/c1-19-11-9-17-24(33)26(19)28-27-23(16-10-18-25(27)34)20(2)29(37-31(35)21-12-5-3-6-13-21)30(28)38-32(36)22-14-7-4-8-15-22/h3-18,20,28-30H,1-2H3/t20?,28-,29?,30?/m0/s1. The Hall–Kier alpha value is -3.22. The van der Waals surface area contributed by atoms with E-state index in [1.807, 2.05) is 56.3 Å². The zero-order valence-electron chi connectivity index (χ0n) is 20.9. The zero-order chi connectivity index (χ0) is 26.8. The van der Waals surface area contributed by atoms with E-state index >= 15 is 0 Å². The molecule has 0 aliphatic heterocycles. The summed E-state index contributed by atoms with van der Waals surface area (Å²) in [4.78, 5) is 26.8. The number of rotatable bonds is 5. The topological polar surface area (TPSA) is 52.6 Å². The van der Waals surface area contributed by atoms with Crippen LogP contribution in [0.4, 0.5) is 0 Å². The Kier molecular flexibility index (Phi) is 7.82. The van der Waals surface area contributed by atoms with Gasteiger partial charge in [-0.15, -0.1) is 0 Å². The molecule has 1 aliphatic rings. The van der Waals surface area contributed by atoms with E-state index in [1.54, 1.807) is 48.5 Å². The van der Waals surface area contributed by atoms with E-state index in [0.717, 1.165) is 31.2 Å². The van der Waals surface area contributed by atoms with Gasteiger partial charge in [-0.2, -0.15) is 0 Å². The first-order valence-electron chi connectivity index (χ1n) is 12.4. The van der Waals surface area contributed by atoms with Crippen molar-refractivity contribution < 1.29 is 19.1 Å². The number of benzene rings is 4. The fourth-order valence-electron chi connectivity index (χ4n) is 5.28. The Morgan fingerprint density at radius 3 is 1.68 bits per heavy atom. The first-order valence-corrected chi connectivity index (χ1v) is 14.0. The van der Waals surface area contributed by atoms with E-state index in [4.69, 9.17) is 9.47 Å². The van der Waals surface area contributed by atoms with Gasteiger partial charge in [-0.25, -0.2) is 9.59 Å². The first kappa shape index (κ1) is 26.4. The Bertz CT molecular complexity index is 1450. The van der Waals surface area contributed by atoms with E-state index in [1.165, 1.54) is 0 Å². The molecule has 0 radical (unpaired) electrons. The number of carbonyl (C=O) groups excluding carboxylic acids is 2. The van der Waals surface area contributed by atoms with Gasteiger partial charge < -0.3 is 9.47 Å². The van der Waals surface area contributed by atoms with Crippen molar-refractivity contribution in [3.8, 4) is 0 Å². The van der Waals surface area contributed by atoms with Gasteiger partial charge in [-0.1, -0.05) is 99.4 Å². The smallest absolute Gasteiger partial charge is 0.338 e. The molecule has 0 saturated heterocycles. The summed E-state index contributed by atoms with van der Waals surface area (Å²) in [6.45, 7) is 4.05. The van der Waals surface area contributed by atoms with Crippen LogP contribution in [0.2, 0.25) is 0 Å². The van der Waals surface area contributed by atoms with Crippen molar-refractivity contribution in [3.63, 3.8) is 0 Å². The molecule has 0 spiro atoms. The van der Waals surface area contributed by atoms with Crippen LogP contribution in [-0.4, -0.2) is 24.1 Å². The molecule has 38 heavy (non-hydrogen) atoms. The number of aryl methyl sites for hydroxylation is 1. The van der Waals surface area contributed by atoms with E-state index in [9.17, 15) is 9.59 Å². The Labute approximate surface area is 239 Å². The summed E-state index contributed by atoms with van der Waals surface area (Å²) in [5.41, 5.74) is 4.97. The summed E-state index contributed by atoms with van der Waals surface area (Å²) in [6.07, 6.45) is -1.51. The molecule has 4 nitrogen and oxygen atoms in total. The molecule has 0 N–H and O–H groups in total. The van der Waals surface area contributed by atoms with Gasteiger partial charge in [0.25, 0.3) is 0 Å². The minimum absolute atomic E-state index is 0.234. The second-order valence-electron chi connectivity index (χ2n) is 9.45. The van der Waals surface area contributed by atoms with Crippen molar-refractivity contribution in [2.24, 2.45) is 0 Å². The third-order valence-corrected chi connectivity index (χ3v) is 8.50. The SMILES string of the molecule is Cc1cccc(Br)c1[C@H]1c2c(Br)cccc2C(C)C(OC(=O)c2ccccc2)C1OC(=O)c1ccccc1. The van der Waals surface area contributed by atoms with Crippen LogP contribution < -0.4 is 0 Å². The van der Waals surface area contributed by atoms with E-state index in [0.29, 0.717) is 11.1 Å². The lowest BCUT2D eigenvalue weighted by molar-refractivity contribution is -0.0534. The lowest BCUT2D eigenvalue weighted by Crippen LogP contribution is -2.47. The van der Waals surface area contributed by atoms with Gasteiger partial charge in [0, 0.05) is 14.9 Å². The molecular formula is C32H26Br2O4. The number of halogens is 2. The van der Waals surface area contributed by atoms with Crippen LogP contribution in [0.15, 0.2) is 106 Å². The highest BCUT2D eigenvalue weighted by Gasteiger charge is 2.48. The minimum atomic E-state index is -0.783. The van der Waals surface area contributed by atoms with E-state index < -0.39 is 30.1 Å². The van der Waals surface area contributed by atoms with Gasteiger partial charge in [0.05, 0.1) is 17.0 Å². The van der Waals surface area contributed by atoms with Crippen molar-refractivity contribution in [1.29, 1.82) is 0 Å². The van der Waals surface area contributed by atoms with Crippen LogP contribution in [0.1, 0.15) is 61.7 Å². The Morgan fingerprint density at radius 1 is 0.632 bits per heavy atom. The molecule has 4 aromatic rings. The quantitative estimate of drug-likeness (QED) is 0.208. The molecule has 4 atom stereocenters. The number of esters is 2. The fraction of sp³-hybridized carbons (Fsp3) is 0.188. The molecule has 0 heterocycles. The highest BCUT2D eigenvalue weighted by Crippen LogP contribution is 2.50. The normalized spacial score (nSPS) is 20.3. The first-order chi connectivity index (χ1) is 18.4. The molecule has 0 saturated carbocycles. The second kappa shape index (κ2) is 11.3. The highest BCUT2D eigenvalue weighted by molar-refractivity contribution is 9.10. The summed E-state index contributed by atoms with van der Waals surface area (Å²) in [6, 6.07) is 29.8. The molecule has 5 rings (SSSR count). The maximum absolute atomic E-state index is 13.5. The van der Waals surface area contributed by atoms with Gasteiger partial charge in [-0.3, -0.25) is 0 Å². The molecule has 3 unspecified atom stereocenters. The molecule has 0 fully saturated rings. The van der Waals surface area contributed by atoms with Crippen LogP contribution in [0, 0.1) is 6.92 Å². The summed E-state index contributed by atoms with van der Waals surface area (Å²) < 4.78 is 14.4. The summed E-state index contributed by atoms with van der Waals surface area (Å²) in [7, 11) is 0. The van der Waals surface area contributed by atoms with Crippen molar-refractivity contribution in [2.75, 3.05) is 0 Å². The lowest BCUT2D eigenvalue weighted by atomic mass is 9.70. The number of fused-ring (bicyclic) bond motifs is 1. The average molecular weight is 634 g/mol. The highest BCUT2D eigenvalue weighted by atomic mass is 79.9. The Balaban J connectivity index is 1.68. The molecule has 4 aromatic carbocycles. The summed E-state index contributed by atoms with van der Waals surface area (Å²) in [5, 5.41) is 0.